The van der Waals surface area contributed by atoms with E-state index in [0.717, 1.165) is 51.4 Å². The molecule has 0 N–H and O–H groups in total. The van der Waals surface area contributed by atoms with Crippen molar-refractivity contribution in [3.8, 4) is 0 Å². The molecule has 0 fully saturated rings. The Morgan fingerprint density at radius 3 is 0.750 bits per heavy atom. The number of benzene rings is 9. The van der Waals surface area contributed by atoms with Crippen molar-refractivity contribution in [1.29, 1.82) is 0 Å². The van der Waals surface area contributed by atoms with Crippen LogP contribution in [-0.4, -0.2) is 8.07 Å². The van der Waals surface area contributed by atoms with Gasteiger partial charge in [-0.25, -0.2) is 0 Å². The van der Waals surface area contributed by atoms with Crippen LogP contribution in [0.25, 0.3) is 0 Å². The van der Waals surface area contributed by atoms with Crippen molar-refractivity contribution in [1.82, 2.24) is 0 Å². The Balaban J connectivity index is 0.00000253. The van der Waals surface area contributed by atoms with Crippen molar-refractivity contribution in [2.75, 3.05) is 0 Å². The number of hydrogen-bond donors (Lipinski definition) is 0. The van der Waals surface area contributed by atoms with Crippen LogP contribution in [0, 0.1) is 0 Å². The molecule has 0 saturated heterocycles. The predicted molar refractivity (Wildman–Crippen MR) is 311 cm³/mol. The van der Waals surface area contributed by atoms with Crippen LogP contribution < -0.4 is 15.6 Å². The van der Waals surface area contributed by atoms with Crippen LogP contribution in [0.3, 0.4) is 0 Å². The Hall–Kier alpha value is -5.74. The van der Waals surface area contributed by atoms with Crippen LogP contribution in [-0.2, 0) is 59.0 Å². The average Bonchev–Trinajstić information content (AvgIpc) is 3.75. The molecule has 0 unspecified atom stereocenters. The van der Waals surface area contributed by atoms with E-state index in [1.165, 1.54) is 91.8 Å². The second-order valence-corrected chi connectivity index (χ2v) is 23.7. The Kier molecular flexibility index (Phi) is 19.3. The topological polar surface area (TPSA) is 0 Å². The van der Waals surface area contributed by atoms with Gasteiger partial charge in [0, 0.05) is 0 Å². The van der Waals surface area contributed by atoms with Crippen LogP contribution in [0.4, 0.5) is 0 Å². The summed E-state index contributed by atoms with van der Waals surface area (Å²) < 4.78 is 1.50. The minimum atomic E-state index is -3.20. The third-order valence-corrected chi connectivity index (χ3v) is 19.5. The molecule has 1 aliphatic carbocycles. The molecule has 0 saturated carbocycles. The molecule has 72 heavy (non-hydrogen) atoms. The fraction of sp³-hybridized carbons (Fsp3) is 0.134. The van der Waals surface area contributed by atoms with Gasteiger partial charge in [-0.2, -0.15) is 0 Å². The van der Waals surface area contributed by atoms with Crippen molar-refractivity contribution in [2.24, 2.45) is 0 Å². The first-order valence-corrected chi connectivity index (χ1v) is 27.5. The van der Waals surface area contributed by atoms with E-state index in [-0.39, 0.29) is 37.2 Å². The molecule has 0 radical (unpaired) electrons. The van der Waals surface area contributed by atoms with E-state index >= 15 is 0 Å². The van der Waals surface area contributed by atoms with Gasteiger partial charge in [-0.05, 0) is 0 Å². The van der Waals surface area contributed by atoms with Crippen molar-refractivity contribution in [3.05, 3.63) is 324 Å². The molecule has 0 aliphatic heterocycles. The minimum Gasteiger partial charge on any atom is -0.147 e. The van der Waals surface area contributed by atoms with E-state index < -0.39 is 8.07 Å². The molecule has 0 amide bonds. The van der Waals surface area contributed by atoms with Crippen LogP contribution >= 0.6 is 37.2 Å². The Bertz CT molecular complexity index is 2720. The molecule has 0 aromatic heterocycles. The number of hydrogen-bond acceptors (Lipinski definition) is 0. The summed E-state index contributed by atoms with van der Waals surface area (Å²) in [6.07, 6.45) is 9.87. The molecule has 359 valence electrons. The first-order valence-electron chi connectivity index (χ1n) is 24.8. The number of allylic oxidation sites excluding steroid dienone is 4. The summed E-state index contributed by atoms with van der Waals surface area (Å²) >= 11 is 2.40. The van der Waals surface area contributed by atoms with E-state index in [2.05, 4.69) is 270 Å². The molecule has 10 rings (SSSR count). The van der Waals surface area contributed by atoms with Crippen LogP contribution in [0.5, 0.6) is 0 Å². The maximum Gasteiger partial charge on any atom is -0.147 e. The summed E-state index contributed by atoms with van der Waals surface area (Å²) in [4.78, 5) is 0. The molecule has 0 heterocycles. The molecule has 0 bridgehead atoms. The Morgan fingerprint density at radius 1 is 0.319 bits per heavy atom. The van der Waals surface area contributed by atoms with Gasteiger partial charge in [-0.3, -0.25) is 0 Å². The van der Waals surface area contributed by atoms with Crippen molar-refractivity contribution in [3.63, 3.8) is 0 Å². The summed E-state index contributed by atoms with van der Waals surface area (Å²) in [6.45, 7) is 2.39. The fourth-order valence-electron chi connectivity index (χ4n) is 10.9. The van der Waals surface area contributed by atoms with Gasteiger partial charge in [0.2, 0.25) is 0 Å². The maximum atomic E-state index is 2.67. The Labute approximate surface area is 460 Å². The van der Waals surface area contributed by atoms with Gasteiger partial charge >= 0.3 is 426 Å². The van der Waals surface area contributed by atoms with Crippen molar-refractivity contribution < 1.29 is 20.4 Å². The largest absolute Gasteiger partial charge is 0.147 e. The quantitative estimate of drug-likeness (QED) is 0.0630. The molecule has 0 spiro atoms. The first kappa shape index (κ1) is 54.0. The number of rotatable bonds is 17. The molecule has 0 nitrogen and oxygen atoms in total. The van der Waals surface area contributed by atoms with Crippen LogP contribution in [0.1, 0.15) is 86.5 Å². The van der Waals surface area contributed by atoms with E-state index in [1.807, 2.05) is 0 Å². The number of halogens is 3. The van der Waals surface area contributed by atoms with Crippen LogP contribution in [0.2, 0.25) is 0 Å². The Morgan fingerprint density at radius 2 is 0.542 bits per heavy atom. The smallest absolute Gasteiger partial charge is 0.147 e. The molecule has 1 aliphatic rings. The van der Waals surface area contributed by atoms with Gasteiger partial charge in [0.15, 0.2) is 0 Å². The SMILES string of the molecule is CCC1=[C]([Ti])CC=C1[Si](c1cc(Cc2ccccc2)cc(Cc2ccccc2)c1)(c1cc(Cc2ccccc2)cc(Cc2ccccc2)c1)c1cc(Cc2ccccc2)cc(Cc2ccccc2)c1.Cl.Cl.Cl. The van der Waals surface area contributed by atoms with E-state index in [1.54, 1.807) is 5.20 Å². The van der Waals surface area contributed by atoms with Crippen LogP contribution in [0.15, 0.2) is 257 Å². The summed E-state index contributed by atoms with van der Waals surface area (Å²) in [7, 11) is -3.20. The standard InChI is InChI=1S/C67H59Si.3ClH.Ti/c1-2-63-34-21-35-67(63)68(64-45-57(36-51-22-9-3-10-23-51)42-58(46-64)37-52-24-11-4-12-25-52,65-47-59(38-53-26-13-5-14-27-53)43-60(48-65)39-54-28-15-6-16-29-54)66-49-61(40-55-30-17-7-18-31-55)44-62(50-66)41-56-32-19-8-20-33-56;;;;/h3-20,22-33,35,42-50H,2,21,36-41H2,1H3;3*1H;. The molecular formula is C67H62Cl3SiTi. The average molecular weight is 1050 g/mol. The normalized spacial score (nSPS) is 12.0. The third-order valence-electron chi connectivity index (χ3n) is 13.9. The second kappa shape index (κ2) is 25.8. The second-order valence-electron chi connectivity index (χ2n) is 19.0. The monoisotopic (exact) mass is 1050 g/mol. The third kappa shape index (κ3) is 12.9. The maximum absolute atomic E-state index is 3.20. The molecular weight excluding hydrogens is 987 g/mol. The van der Waals surface area contributed by atoms with Gasteiger partial charge in [-0.15, -0.1) is 37.2 Å². The first-order chi connectivity index (χ1) is 34.0. The summed E-state index contributed by atoms with van der Waals surface area (Å²) in [6, 6.07) is 90.0. The van der Waals surface area contributed by atoms with Crippen molar-refractivity contribution in [2.45, 2.75) is 58.3 Å². The minimum absolute atomic E-state index is 0. The van der Waals surface area contributed by atoms with Gasteiger partial charge in [0.1, 0.15) is 0 Å². The van der Waals surface area contributed by atoms with Gasteiger partial charge in [0.05, 0.1) is 0 Å². The van der Waals surface area contributed by atoms with E-state index in [4.69, 9.17) is 0 Å². The van der Waals surface area contributed by atoms with Gasteiger partial charge in [0.25, 0.3) is 0 Å². The van der Waals surface area contributed by atoms with Gasteiger partial charge in [-0.1, -0.05) is 0 Å². The zero-order chi connectivity index (χ0) is 46.8. The molecule has 5 heteroatoms. The van der Waals surface area contributed by atoms with E-state index in [9.17, 15) is 0 Å². The summed E-state index contributed by atoms with van der Waals surface area (Å²) in [5, 5.41) is 5.98. The van der Waals surface area contributed by atoms with Crippen molar-refractivity contribution >= 4 is 60.9 Å². The predicted octanol–water partition coefficient (Wildman–Crippen LogP) is 15.0. The van der Waals surface area contributed by atoms with Gasteiger partial charge < -0.3 is 0 Å². The summed E-state index contributed by atoms with van der Waals surface area (Å²) in [5.74, 6) is 0. The molecule has 9 aromatic carbocycles. The fourth-order valence-corrected chi connectivity index (χ4v) is 17.3. The zero-order valence-electron chi connectivity index (χ0n) is 41.0. The summed E-state index contributed by atoms with van der Waals surface area (Å²) in [5.41, 5.74) is 17.8. The zero-order valence-corrected chi connectivity index (χ0v) is 46.0. The van der Waals surface area contributed by atoms with E-state index in [0.29, 0.717) is 0 Å². The molecule has 0 atom stereocenters. The molecule has 9 aromatic rings.